The van der Waals surface area contributed by atoms with Crippen LogP contribution in [0.2, 0.25) is 10.0 Å². The van der Waals surface area contributed by atoms with Crippen molar-refractivity contribution in [2.45, 2.75) is 70.3 Å². The Kier molecular flexibility index (Phi) is 8.80. The number of hydrogen-bond acceptors (Lipinski definition) is 2. The summed E-state index contributed by atoms with van der Waals surface area (Å²) in [5.41, 5.74) is 1.98. The quantitative estimate of drug-likeness (QED) is 0.272. The average Bonchev–Trinajstić information content (AvgIpc) is 3.48. The molecular formula is C28H30BrCl2N3OSe. The minimum atomic E-state index is -0.143. The molecule has 190 valence electrons. The number of nitrogens with one attached hydrogen (secondary N) is 1. The molecule has 0 aliphatic heterocycles. The van der Waals surface area contributed by atoms with Crippen LogP contribution in [0.5, 0.6) is 0 Å². The van der Waals surface area contributed by atoms with Gasteiger partial charge >= 0.3 is 239 Å². The van der Waals surface area contributed by atoms with E-state index in [-0.39, 0.29) is 26.5 Å². The van der Waals surface area contributed by atoms with Gasteiger partial charge < -0.3 is 0 Å². The summed E-state index contributed by atoms with van der Waals surface area (Å²) in [6.45, 7) is 0. The third kappa shape index (κ3) is 6.05. The van der Waals surface area contributed by atoms with E-state index < -0.39 is 0 Å². The molecule has 1 aromatic carbocycles. The van der Waals surface area contributed by atoms with Crippen LogP contribution in [0.1, 0.15) is 79.1 Å². The average molecular weight is 654 g/mol. The monoisotopic (exact) mass is 653 g/mol. The van der Waals surface area contributed by atoms with E-state index in [9.17, 15) is 4.79 Å². The zero-order chi connectivity index (χ0) is 25.1. The molecule has 36 heavy (non-hydrogen) atoms. The van der Waals surface area contributed by atoms with Crippen LogP contribution in [0, 0.1) is 5.92 Å². The molecular weight excluding hydrogens is 624 g/mol. The number of rotatable bonds is 6. The van der Waals surface area contributed by atoms with Crippen LogP contribution in [0.15, 0.2) is 40.9 Å². The first-order chi connectivity index (χ1) is 17.5. The molecule has 2 aliphatic carbocycles. The number of allylic oxidation sites excluding steroid dienone is 1. The van der Waals surface area contributed by atoms with E-state index in [1.54, 1.807) is 16.8 Å². The molecule has 0 atom stereocenters. The van der Waals surface area contributed by atoms with Crippen LogP contribution in [-0.2, 0) is 0 Å². The summed E-state index contributed by atoms with van der Waals surface area (Å²) in [5.74, 6) is 0.551. The molecule has 2 heterocycles. The van der Waals surface area contributed by atoms with Gasteiger partial charge in [0.05, 0.1) is 0 Å². The molecule has 1 N–H and O–H groups in total. The Morgan fingerprint density at radius 2 is 1.75 bits per heavy atom. The number of carbonyl (C=O) groups excluding carboxylic acids is 1. The molecule has 0 saturated heterocycles. The molecule has 2 aliphatic rings. The molecule has 8 heteroatoms. The van der Waals surface area contributed by atoms with Gasteiger partial charge in [0.15, 0.2) is 0 Å². The molecule has 0 radical (unpaired) electrons. The van der Waals surface area contributed by atoms with Crippen LogP contribution in [-0.4, -0.2) is 36.2 Å². The summed E-state index contributed by atoms with van der Waals surface area (Å²) in [6.07, 6.45) is 16.9. The minimum absolute atomic E-state index is 0.0987. The van der Waals surface area contributed by atoms with Gasteiger partial charge in [0, 0.05) is 0 Å². The van der Waals surface area contributed by atoms with Crippen molar-refractivity contribution in [3.05, 3.63) is 61.1 Å². The maximum absolute atomic E-state index is 13.3. The SMILES string of the molecule is O=C(NC1CCCCC1)c1nn(-c2ccc(Cl)cc2Cl)c(-c2ccc(/C=C/C3CCCCC3)[se]2)c1Br. The van der Waals surface area contributed by atoms with Crippen LogP contribution in [0.25, 0.3) is 21.9 Å². The first-order valence-corrected chi connectivity index (χ1v) is 16.1. The van der Waals surface area contributed by atoms with E-state index >= 15 is 0 Å². The number of carbonyl (C=O) groups is 1. The van der Waals surface area contributed by atoms with Gasteiger partial charge in [0.25, 0.3) is 0 Å². The predicted molar refractivity (Wildman–Crippen MR) is 154 cm³/mol. The molecule has 2 saturated carbocycles. The standard InChI is InChI=1S/C28H30BrCl2N3OSe/c29-25-26(28(35)32-20-9-5-2-6-10-20)33-34(23-15-12-19(30)17-22(23)31)27(25)24-16-14-21(36-24)13-11-18-7-3-1-4-8-18/h11-18,20H,1-10H2,(H,32,35)/b13-11+. The Hall–Kier alpha value is -1.30. The van der Waals surface area contributed by atoms with Crippen LogP contribution in [0.3, 0.4) is 0 Å². The van der Waals surface area contributed by atoms with Crippen LogP contribution in [0.4, 0.5) is 0 Å². The van der Waals surface area contributed by atoms with Crippen molar-refractivity contribution in [3.8, 4) is 15.8 Å². The van der Waals surface area contributed by atoms with Gasteiger partial charge in [0.2, 0.25) is 0 Å². The maximum atomic E-state index is 13.3. The number of amides is 1. The molecule has 0 spiro atoms. The van der Waals surface area contributed by atoms with Gasteiger partial charge in [-0.15, -0.1) is 0 Å². The summed E-state index contributed by atoms with van der Waals surface area (Å²) in [7, 11) is 0. The summed E-state index contributed by atoms with van der Waals surface area (Å²) < 4.78 is 5.00. The molecule has 4 nitrogen and oxygen atoms in total. The van der Waals surface area contributed by atoms with E-state index in [0.717, 1.165) is 35.8 Å². The van der Waals surface area contributed by atoms with Crippen LogP contribution >= 0.6 is 39.1 Å². The second kappa shape index (κ2) is 12.0. The van der Waals surface area contributed by atoms with Gasteiger partial charge in [-0.2, -0.15) is 0 Å². The third-order valence-corrected chi connectivity index (χ3v) is 10.7. The summed E-state index contributed by atoms with van der Waals surface area (Å²) in [4.78, 5) is 13.3. The normalized spacial score (nSPS) is 17.6. The molecule has 2 fully saturated rings. The summed E-state index contributed by atoms with van der Waals surface area (Å²) >= 11 is 16.6. The second-order valence-corrected chi connectivity index (χ2v) is 13.8. The number of hydrogen-bond donors (Lipinski definition) is 1. The first kappa shape index (κ1) is 26.3. The number of nitrogens with zero attached hydrogens (tertiary/aromatic N) is 2. The van der Waals surface area contributed by atoms with E-state index in [2.05, 4.69) is 45.5 Å². The van der Waals surface area contributed by atoms with Crippen LogP contribution < -0.4 is 5.32 Å². The van der Waals surface area contributed by atoms with Crippen molar-refractivity contribution >= 4 is 65.6 Å². The third-order valence-electron chi connectivity index (χ3n) is 7.16. The zero-order valence-corrected chi connectivity index (χ0v) is 24.9. The molecule has 0 bridgehead atoms. The van der Waals surface area contributed by atoms with Crippen molar-refractivity contribution < 1.29 is 4.79 Å². The molecule has 1 amide bonds. The van der Waals surface area contributed by atoms with E-state index in [4.69, 9.17) is 28.3 Å². The zero-order valence-electron chi connectivity index (χ0n) is 20.1. The van der Waals surface area contributed by atoms with E-state index in [1.807, 2.05) is 6.07 Å². The van der Waals surface area contributed by atoms with Gasteiger partial charge in [-0.05, 0) is 0 Å². The van der Waals surface area contributed by atoms with Gasteiger partial charge in [0.1, 0.15) is 0 Å². The van der Waals surface area contributed by atoms with E-state index in [0.29, 0.717) is 31.8 Å². The topological polar surface area (TPSA) is 46.9 Å². The second-order valence-electron chi connectivity index (χ2n) is 9.79. The summed E-state index contributed by atoms with van der Waals surface area (Å²) in [5, 5.41) is 9.05. The van der Waals surface area contributed by atoms with Gasteiger partial charge in [-0.25, -0.2) is 0 Å². The van der Waals surface area contributed by atoms with Crippen molar-refractivity contribution in [2.75, 3.05) is 0 Å². The molecule has 0 unspecified atom stereocenters. The molecule has 3 aromatic rings. The Balaban J connectivity index is 1.50. The van der Waals surface area contributed by atoms with Gasteiger partial charge in [-0.3, -0.25) is 0 Å². The number of aromatic nitrogens is 2. The molecule has 5 rings (SSSR count). The van der Waals surface area contributed by atoms with Crippen molar-refractivity contribution in [1.82, 2.24) is 15.1 Å². The van der Waals surface area contributed by atoms with Crippen molar-refractivity contribution in [2.24, 2.45) is 5.92 Å². The Labute approximate surface area is 237 Å². The van der Waals surface area contributed by atoms with Crippen molar-refractivity contribution in [3.63, 3.8) is 0 Å². The number of benzene rings is 1. The number of halogens is 3. The Morgan fingerprint density at radius 1 is 1.03 bits per heavy atom. The molecule has 2 aromatic heterocycles. The predicted octanol–water partition coefficient (Wildman–Crippen LogP) is 8.32. The summed E-state index contributed by atoms with van der Waals surface area (Å²) in [6, 6.07) is 9.93. The Bertz CT molecular complexity index is 1260. The fraction of sp³-hybridized carbons (Fsp3) is 0.429. The van der Waals surface area contributed by atoms with Crippen molar-refractivity contribution in [1.29, 1.82) is 0 Å². The first-order valence-electron chi connectivity index (χ1n) is 12.8. The fourth-order valence-electron chi connectivity index (χ4n) is 5.21. The fourth-order valence-corrected chi connectivity index (χ4v) is 8.65. The Morgan fingerprint density at radius 3 is 2.47 bits per heavy atom. The van der Waals surface area contributed by atoms with E-state index in [1.165, 1.54) is 43.0 Å². The van der Waals surface area contributed by atoms with Gasteiger partial charge in [-0.1, -0.05) is 0 Å².